The molecule has 23 heavy (non-hydrogen) atoms. The number of halogens is 1. The number of carbonyl (C=O) groups is 2. The number of cyclic esters (lactones) is 1. The van der Waals surface area contributed by atoms with Crippen LogP contribution in [0.5, 0.6) is 0 Å². The van der Waals surface area contributed by atoms with Gasteiger partial charge in [0.25, 0.3) is 0 Å². The van der Waals surface area contributed by atoms with Crippen molar-refractivity contribution in [2.45, 2.75) is 26.4 Å². The summed E-state index contributed by atoms with van der Waals surface area (Å²) in [5, 5.41) is 0. The van der Waals surface area contributed by atoms with Crippen LogP contribution in [0.3, 0.4) is 0 Å². The quantitative estimate of drug-likeness (QED) is 0.817. The van der Waals surface area contributed by atoms with Crippen molar-refractivity contribution in [2.24, 2.45) is 0 Å². The lowest BCUT2D eigenvalue weighted by molar-refractivity contribution is -0.145. The van der Waals surface area contributed by atoms with E-state index in [0.717, 1.165) is 11.4 Å². The van der Waals surface area contributed by atoms with E-state index in [1.807, 2.05) is 11.5 Å². The lowest BCUT2D eigenvalue weighted by atomic mass is 10.2. The second-order valence-electron chi connectivity index (χ2n) is 5.45. The van der Waals surface area contributed by atoms with Crippen molar-refractivity contribution in [3.63, 3.8) is 0 Å². The van der Waals surface area contributed by atoms with Gasteiger partial charge >= 0.3 is 11.9 Å². The Hall–Kier alpha value is -2.63. The molecule has 1 aliphatic rings. The number of nitrogens with zero attached hydrogens (tertiary/aromatic N) is 1. The smallest absolute Gasteiger partial charge is 0.347 e. The molecule has 0 spiro atoms. The monoisotopic (exact) mass is 317 g/mol. The van der Waals surface area contributed by atoms with Crippen LogP contribution < -0.4 is 0 Å². The molecule has 1 aromatic heterocycles. The van der Waals surface area contributed by atoms with E-state index in [9.17, 15) is 14.0 Å². The Balaban J connectivity index is 1.89. The van der Waals surface area contributed by atoms with Gasteiger partial charge in [-0.05, 0) is 44.2 Å². The van der Waals surface area contributed by atoms with E-state index < -0.39 is 18.0 Å². The van der Waals surface area contributed by atoms with Gasteiger partial charge in [0.1, 0.15) is 5.82 Å². The van der Waals surface area contributed by atoms with Crippen molar-refractivity contribution in [3.05, 3.63) is 53.1 Å². The highest BCUT2D eigenvalue weighted by Gasteiger charge is 2.31. The number of aromatic nitrogens is 1. The molecule has 6 heteroatoms. The highest BCUT2D eigenvalue weighted by molar-refractivity contribution is 5.93. The zero-order valence-corrected chi connectivity index (χ0v) is 12.8. The summed E-state index contributed by atoms with van der Waals surface area (Å²) in [6.07, 6.45) is -0.460. The topological polar surface area (TPSA) is 57.5 Å². The number of carbonyl (C=O) groups excluding carboxylic acids is 2. The first-order chi connectivity index (χ1) is 11.0. The number of hydrogen-bond acceptors (Lipinski definition) is 4. The van der Waals surface area contributed by atoms with Crippen LogP contribution in [-0.2, 0) is 14.3 Å². The molecule has 2 heterocycles. The molecule has 0 saturated carbocycles. The molecule has 5 nitrogen and oxygen atoms in total. The molecular weight excluding hydrogens is 301 g/mol. The number of ether oxygens (including phenoxy) is 2. The molecule has 0 N–H and O–H groups in total. The third-order valence-corrected chi connectivity index (χ3v) is 3.87. The van der Waals surface area contributed by atoms with Gasteiger partial charge < -0.3 is 14.0 Å². The summed E-state index contributed by atoms with van der Waals surface area (Å²) in [7, 11) is 0. The van der Waals surface area contributed by atoms with Gasteiger partial charge in [0.15, 0.2) is 0 Å². The number of rotatable bonds is 3. The molecule has 1 fully saturated rings. The fraction of sp³-hybridized carbons (Fsp3) is 0.294. The van der Waals surface area contributed by atoms with Crippen LogP contribution in [0.15, 0.2) is 30.3 Å². The normalized spacial score (nSPS) is 17.2. The summed E-state index contributed by atoms with van der Waals surface area (Å²) in [6.45, 7) is 3.89. The lowest BCUT2D eigenvalue weighted by Gasteiger charge is -2.11. The van der Waals surface area contributed by atoms with Gasteiger partial charge in [0.2, 0.25) is 6.10 Å². The van der Waals surface area contributed by atoms with Gasteiger partial charge in [-0.3, -0.25) is 0 Å². The first-order valence-electron chi connectivity index (χ1n) is 7.30. The molecule has 1 atom stereocenters. The third-order valence-electron chi connectivity index (χ3n) is 3.87. The predicted molar refractivity (Wildman–Crippen MR) is 80.0 cm³/mol. The maximum atomic E-state index is 13.1. The van der Waals surface area contributed by atoms with Gasteiger partial charge in [-0.25, -0.2) is 14.0 Å². The van der Waals surface area contributed by atoms with E-state index in [0.29, 0.717) is 17.7 Å². The summed E-state index contributed by atoms with van der Waals surface area (Å²) < 4.78 is 24.9. The van der Waals surface area contributed by atoms with Gasteiger partial charge in [-0.15, -0.1) is 0 Å². The van der Waals surface area contributed by atoms with Gasteiger partial charge in [-0.2, -0.15) is 0 Å². The zero-order valence-electron chi connectivity index (χ0n) is 12.8. The minimum Gasteiger partial charge on any atom is -0.463 e. The van der Waals surface area contributed by atoms with E-state index in [2.05, 4.69) is 0 Å². The number of aryl methyl sites for hydroxylation is 1. The lowest BCUT2D eigenvalue weighted by Crippen LogP contribution is -2.23. The Kier molecular flexibility index (Phi) is 3.90. The minimum absolute atomic E-state index is 0.269. The second kappa shape index (κ2) is 5.87. The molecule has 0 radical (unpaired) electrons. The maximum Gasteiger partial charge on any atom is 0.347 e. The van der Waals surface area contributed by atoms with Crippen LogP contribution >= 0.6 is 0 Å². The van der Waals surface area contributed by atoms with Crippen molar-refractivity contribution in [3.8, 4) is 5.69 Å². The molecule has 1 aliphatic heterocycles. The van der Waals surface area contributed by atoms with Crippen molar-refractivity contribution in [1.82, 2.24) is 4.57 Å². The van der Waals surface area contributed by atoms with E-state index in [-0.39, 0.29) is 12.4 Å². The summed E-state index contributed by atoms with van der Waals surface area (Å²) in [5.41, 5.74) is 2.62. The Morgan fingerprint density at radius 3 is 2.61 bits per heavy atom. The van der Waals surface area contributed by atoms with Crippen LogP contribution in [0, 0.1) is 19.7 Å². The summed E-state index contributed by atoms with van der Waals surface area (Å²) in [5.74, 6) is -1.39. The predicted octanol–water partition coefficient (Wildman–Crippen LogP) is 2.71. The van der Waals surface area contributed by atoms with Gasteiger partial charge in [-0.1, -0.05) is 0 Å². The van der Waals surface area contributed by atoms with Gasteiger partial charge in [0.05, 0.1) is 12.2 Å². The summed E-state index contributed by atoms with van der Waals surface area (Å²) in [6, 6.07) is 7.69. The van der Waals surface area contributed by atoms with E-state index in [1.54, 1.807) is 25.1 Å². The van der Waals surface area contributed by atoms with Gasteiger partial charge in [0, 0.05) is 23.5 Å². The summed E-state index contributed by atoms with van der Waals surface area (Å²) in [4.78, 5) is 23.7. The van der Waals surface area contributed by atoms with E-state index >= 15 is 0 Å². The minimum atomic E-state index is -0.837. The third kappa shape index (κ3) is 2.84. The van der Waals surface area contributed by atoms with E-state index in [4.69, 9.17) is 9.47 Å². The average molecular weight is 317 g/mol. The van der Waals surface area contributed by atoms with Crippen molar-refractivity contribution >= 4 is 11.9 Å². The molecule has 2 aromatic rings. The first-order valence-corrected chi connectivity index (χ1v) is 7.30. The Bertz CT molecular complexity index is 764. The van der Waals surface area contributed by atoms with Crippen molar-refractivity contribution in [1.29, 1.82) is 0 Å². The highest BCUT2D eigenvalue weighted by Crippen LogP contribution is 2.23. The van der Waals surface area contributed by atoms with Crippen molar-refractivity contribution in [2.75, 3.05) is 6.61 Å². The molecule has 1 saturated heterocycles. The SMILES string of the molecule is Cc1cc(C(=O)OC2CCOC2=O)c(C)n1-c1ccc(F)cc1. The molecule has 3 rings (SSSR count). The Morgan fingerprint density at radius 2 is 2.00 bits per heavy atom. The molecule has 0 amide bonds. The van der Waals surface area contributed by atoms with Crippen LogP contribution in [0.4, 0.5) is 4.39 Å². The number of benzene rings is 1. The fourth-order valence-corrected chi connectivity index (χ4v) is 2.73. The second-order valence-corrected chi connectivity index (χ2v) is 5.45. The van der Waals surface area contributed by atoms with E-state index in [1.165, 1.54) is 12.1 Å². The molecule has 0 bridgehead atoms. The fourth-order valence-electron chi connectivity index (χ4n) is 2.73. The van der Waals surface area contributed by atoms with Crippen molar-refractivity contribution < 1.29 is 23.5 Å². The zero-order chi connectivity index (χ0) is 16.6. The van der Waals surface area contributed by atoms with Crippen LogP contribution in [0.1, 0.15) is 28.2 Å². The molecule has 1 unspecified atom stereocenters. The molecule has 0 aliphatic carbocycles. The number of hydrogen-bond donors (Lipinski definition) is 0. The van der Waals surface area contributed by atoms with Crippen LogP contribution in [0.2, 0.25) is 0 Å². The first kappa shape index (κ1) is 15.3. The maximum absolute atomic E-state index is 13.1. The Morgan fingerprint density at radius 1 is 1.30 bits per heavy atom. The standard InChI is InChI=1S/C17H16FNO4/c1-10-9-14(16(20)23-15-7-8-22-17(15)21)11(2)19(10)13-5-3-12(18)4-6-13/h3-6,9,15H,7-8H2,1-2H3. The number of esters is 2. The Labute approximate surface area is 132 Å². The largest absolute Gasteiger partial charge is 0.463 e. The highest BCUT2D eigenvalue weighted by atomic mass is 19.1. The van der Waals surface area contributed by atoms with Crippen LogP contribution in [-0.4, -0.2) is 29.2 Å². The average Bonchev–Trinajstić information content (AvgIpc) is 3.04. The molecule has 1 aromatic carbocycles. The van der Waals surface area contributed by atoms with Crippen LogP contribution in [0.25, 0.3) is 5.69 Å². The molecular formula is C17H16FNO4. The molecule has 120 valence electrons. The summed E-state index contributed by atoms with van der Waals surface area (Å²) >= 11 is 0.